The van der Waals surface area contributed by atoms with Gasteiger partial charge in [-0.1, -0.05) is 38.2 Å². The molecular weight excluding hydrogens is 192 g/mol. The molecule has 1 aromatic rings. The number of anilines is 1. The van der Waals surface area contributed by atoms with Crippen molar-refractivity contribution < 1.29 is 0 Å². The van der Waals surface area contributed by atoms with Gasteiger partial charge < -0.3 is 11.1 Å². The first kappa shape index (κ1) is 11.0. The van der Waals surface area contributed by atoms with Crippen molar-refractivity contribution in [2.75, 3.05) is 11.9 Å². The Hall–Kier alpha value is -1.09. The van der Waals surface area contributed by atoms with E-state index in [1.807, 2.05) is 12.1 Å². The van der Waals surface area contributed by atoms with Crippen molar-refractivity contribution in [2.45, 2.75) is 19.8 Å². The van der Waals surface area contributed by atoms with Crippen LogP contribution in [0.15, 0.2) is 24.3 Å². The molecule has 0 aromatic heterocycles. The van der Waals surface area contributed by atoms with E-state index in [0.717, 1.165) is 5.69 Å². The van der Waals surface area contributed by atoms with E-state index in [9.17, 15) is 0 Å². The first-order valence-corrected chi connectivity index (χ1v) is 5.12. The second-order valence-corrected chi connectivity index (χ2v) is 4.12. The van der Waals surface area contributed by atoms with Crippen molar-refractivity contribution >= 4 is 22.9 Å². The number of hydrogen-bond acceptors (Lipinski definition) is 2. The smallest absolute Gasteiger partial charge is 0.0921 e. The van der Waals surface area contributed by atoms with E-state index in [-0.39, 0.29) is 0 Å². The van der Waals surface area contributed by atoms with E-state index in [0.29, 0.717) is 17.5 Å². The third-order valence-corrected chi connectivity index (χ3v) is 2.19. The van der Waals surface area contributed by atoms with Crippen LogP contribution >= 0.6 is 12.2 Å². The van der Waals surface area contributed by atoms with Gasteiger partial charge in [0, 0.05) is 5.69 Å². The molecule has 3 N–H and O–H groups in total. The van der Waals surface area contributed by atoms with Crippen LogP contribution in [0.4, 0.5) is 5.69 Å². The second kappa shape index (κ2) is 4.96. The van der Waals surface area contributed by atoms with Crippen molar-refractivity contribution in [3.05, 3.63) is 29.8 Å². The zero-order valence-corrected chi connectivity index (χ0v) is 9.40. The molecule has 0 saturated heterocycles. The van der Waals surface area contributed by atoms with E-state index in [1.54, 1.807) is 0 Å². The van der Waals surface area contributed by atoms with Crippen molar-refractivity contribution in [1.82, 2.24) is 0 Å². The lowest BCUT2D eigenvalue weighted by Crippen LogP contribution is -2.19. The molecule has 0 aliphatic carbocycles. The highest BCUT2D eigenvalue weighted by atomic mass is 32.1. The zero-order valence-electron chi connectivity index (χ0n) is 8.58. The molecule has 0 amide bonds. The molecule has 0 spiro atoms. The molecule has 14 heavy (non-hydrogen) atoms. The third-order valence-electron chi connectivity index (χ3n) is 2.04. The topological polar surface area (TPSA) is 38.0 Å². The highest BCUT2D eigenvalue weighted by Crippen LogP contribution is 2.16. The standard InChI is InChI=1S/C11H16N2S/c1-8(2)9-3-5-10(6-4-9)13-7-11(12)14/h3-6,8,13H,7H2,1-2H3,(H2,12,14). The average Bonchev–Trinajstić information content (AvgIpc) is 2.15. The monoisotopic (exact) mass is 208 g/mol. The maximum atomic E-state index is 5.39. The molecule has 0 atom stereocenters. The van der Waals surface area contributed by atoms with Gasteiger partial charge >= 0.3 is 0 Å². The van der Waals surface area contributed by atoms with Gasteiger partial charge in [0.1, 0.15) is 0 Å². The first-order chi connectivity index (χ1) is 6.59. The molecule has 2 nitrogen and oxygen atoms in total. The van der Waals surface area contributed by atoms with Crippen LogP contribution in [-0.2, 0) is 0 Å². The summed E-state index contributed by atoms with van der Waals surface area (Å²) in [6, 6.07) is 8.33. The maximum Gasteiger partial charge on any atom is 0.0921 e. The Morgan fingerprint density at radius 3 is 2.36 bits per heavy atom. The Morgan fingerprint density at radius 2 is 1.93 bits per heavy atom. The van der Waals surface area contributed by atoms with Gasteiger partial charge in [-0.3, -0.25) is 0 Å². The molecule has 0 aliphatic rings. The third kappa shape index (κ3) is 3.34. The Balaban J connectivity index is 2.59. The van der Waals surface area contributed by atoms with Gasteiger partial charge in [-0.25, -0.2) is 0 Å². The Kier molecular flexibility index (Phi) is 3.89. The van der Waals surface area contributed by atoms with Crippen molar-refractivity contribution in [2.24, 2.45) is 5.73 Å². The number of rotatable bonds is 4. The largest absolute Gasteiger partial charge is 0.392 e. The minimum Gasteiger partial charge on any atom is -0.392 e. The van der Waals surface area contributed by atoms with Gasteiger partial charge in [0.05, 0.1) is 11.5 Å². The van der Waals surface area contributed by atoms with E-state index in [1.165, 1.54) is 5.56 Å². The average molecular weight is 208 g/mol. The fraction of sp³-hybridized carbons (Fsp3) is 0.364. The number of nitrogens with two attached hydrogens (primary N) is 1. The van der Waals surface area contributed by atoms with E-state index in [2.05, 4.69) is 31.3 Å². The molecule has 0 aliphatic heterocycles. The minimum atomic E-state index is 0.484. The lowest BCUT2D eigenvalue weighted by atomic mass is 10.0. The molecular formula is C11H16N2S. The molecule has 3 heteroatoms. The van der Waals surface area contributed by atoms with Gasteiger partial charge in [-0.15, -0.1) is 0 Å². The Bertz CT molecular complexity index is 304. The molecule has 1 rings (SSSR count). The summed E-state index contributed by atoms with van der Waals surface area (Å²) in [7, 11) is 0. The molecule has 0 bridgehead atoms. The van der Waals surface area contributed by atoms with Crippen molar-refractivity contribution in [3.8, 4) is 0 Å². The van der Waals surface area contributed by atoms with Crippen LogP contribution in [0.2, 0.25) is 0 Å². The summed E-state index contributed by atoms with van der Waals surface area (Å²) < 4.78 is 0. The summed E-state index contributed by atoms with van der Waals surface area (Å²) in [6.07, 6.45) is 0. The molecule has 0 saturated carbocycles. The number of thiocarbonyl (C=S) groups is 1. The molecule has 76 valence electrons. The summed E-state index contributed by atoms with van der Waals surface area (Å²) >= 11 is 4.78. The zero-order chi connectivity index (χ0) is 10.6. The van der Waals surface area contributed by atoms with Gasteiger partial charge in [-0.05, 0) is 23.6 Å². The van der Waals surface area contributed by atoms with Crippen LogP contribution in [0, 0.1) is 0 Å². The van der Waals surface area contributed by atoms with Gasteiger partial charge in [-0.2, -0.15) is 0 Å². The molecule has 1 aromatic carbocycles. The molecule has 0 heterocycles. The molecule has 0 unspecified atom stereocenters. The summed E-state index contributed by atoms with van der Waals surface area (Å²) in [6.45, 7) is 4.91. The van der Waals surface area contributed by atoms with Crippen LogP contribution < -0.4 is 11.1 Å². The predicted molar refractivity (Wildman–Crippen MR) is 65.8 cm³/mol. The van der Waals surface area contributed by atoms with E-state index >= 15 is 0 Å². The Morgan fingerprint density at radius 1 is 1.36 bits per heavy atom. The van der Waals surface area contributed by atoms with Crippen molar-refractivity contribution in [3.63, 3.8) is 0 Å². The fourth-order valence-corrected chi connectivity index (χ4v) is 1.25. The van der Waals surface area contributed by atoms with Crippen LogP contribution in [0.5, 0.6) is 0 Å². The van der Waals surface area contributed by atoms with E-state index < -0.39 is 0 Å². The second-order valence-electron chi connectivity index (χ2n) is 3.60. The van der Waals surface area contributed by atoms with Crippen molar-refractivity contribution in [1.29, 1.82) is 0 Å². The van der Waals surface area contributed by atoms with Gasteiger partial charge in [0.2, 0.25) is 0 Å². The Labute approximate surface area is 90.5 Å². The summed E-state index contributed by atoms with van der Waals surface area (Å²) in [5.41, 5.74) is 7.78. The fourth-order valence-electron chi connectivity index (χ4n) is 1.18. The van der Waals surface area contributed by atoms with Gasteiger partial charge in [0.15, 0.2) is 0 Å². The van der Waals surface area contributed by atoms with E-state index in [4.69, 9.17) is 18.0 Å². The maximum absolute atomic E-state index is 5.39. The molecule has 0 radical (unpaired) electrons. The SMILES string of the molecule is CC(C)c1ccc(NCC(N)=S)cc1. The quantitative estimate of drug-likeness (QED) is 0.747. The number of hydrogen-bond donors (Lipinski definition) is 2. The number of benzene rings is 1. The molecule has 0 fully saturated rings. The van der Waals surface area contributed by atoms with Crippen LogP contribution in [0.1, 0.15) is 25.3 Å². The van der Waals surface area contributed by atoms with Gasteiger partial charge in [0.25, 0.3) is 0 Å². The summed E-state index contributed by atoms with van der Waals surface area (Å²) in [5, 5.41) is 3.14. The summed E-state index contributed by atoms with van der Waals surface area (Å²) in [5.74, 6) is 0.569. The van der Waals surface area contributed by atoms with Crippen LogP contribution in [0.3, 0.4) is 0 Å². The lowest BCUT2D eigenvalue weighted by molar-refractivity contribution is 0.867. The summed E-state index contributed by atoms with van der Waals surface area (Å²) in [4.78, 5) is 0.484. The normalized spacial score (nSPS) is 10.2. The lowest BCUT2D eigenvalue weighted by Gasteiger charge is -2.08. The first-order valence-electron chi connectivity index (χ1n) is 4.71. The minimum absolute atomic E-state index is 0.484. The predicted octanol–water partition coefficient (Wildman–Crippen LogP) is 2.51. The number of nitrogens with one attached hydrogen (secondary N) is 1. The van der Waals surface area contributed by atoms with Crippen LogP contribution in [-0.4, -0.2) is 11.5 Å². The van der Waals surface area contributed by atoms with Crippen LogP contribution in [0.25, 0.3) is 0 Å². The highest BCUT2D eigenvalue weighted by Gasteiger charge is 1.98. The highest BCUT2D eigenvalue weighted by molar-refractivity contribution is 7.80.